The van der Waals surface area contributed by atoms with E-state index in [1.165, 1.54) is 7.11 Å². The second kappa shape index (κ2) is 7.17. The molecule has 7 heteroatoms. The van der Waals surface area contributed by atoms with Gasteiger partial charge in [-0.25, -0.2) is 0 Å². The van der Waals surface area contributed by atoms with Crippen LogP contribution in [-0.4, -0.2) is 46.1 Å². The molecule has 2 saturated heterocycles. The highest BCUT2D eigenvalue weighted by Gasteiger charge is 2.37. The third-order valence-corrected chi connectivity index (χ3v) is 4.79. The SMILES string of the molecule is CO[C@H](c1ccc(N2C[C@H]3COC[C@H]3C2)cc1)[C@@H](CF)N=[N+]=[N-]. The monoisotopic (exact) mass is 320 g/mol. The number of benzene rings is 1. The summed E-state index contributed by atoms with van der Waals surface area (Å²) >= 11 is 0. The Bertz CT molecular complexity index is 564. The van der Waals surface area contributed by atoms with Crippen LogP contribution in [0.25, 0.3) is 10.4 Å². The summed E-state index contributed by atoms with van der Waals surface area (Å²) in [5.74, 6) is 1.25. The number of azide groups is 1. The summed E-state index contributed by atoms with van der Waals surface area (Å²) in [7, 11) is 1.50. The Morgan fingerprint density at radius 3 is 2.52 bits per heavy atom. The van der Waals surface area contributed by atoms with Crippen molar-refractivity contribution < 1.29 is 13.9 Å². The van der Waals surface area contributed by atoms with E-state index in [-0.39, 0.29) is 0 Å². The molecule has 0 saturated carbocycles. The maximum Gasteiger partial charge on any atom is 0.101 e. The molecule has 0 bridgehead atoms. The zero-order chi connectivity index (χ0) is 16.2. The molecule has 4 atom stereocenters. The molecule has 0 unspecified atom stereocenters. The molecular formula is C16H21FN4O2. The highest BCUT2D eigenvalue weighted by Crippen LogP contribution is 2.33. The molecule has 1 aromatic carbocycles. The van der Waals surface area contributed by atoms with Crippen LogP contribution in [0.5, 0.6) is 0 Å². The quantitative estimate of drug-likeness (QED) is 0.459. The van der Waals surface area contributed by atoms with Gasteiger partial charge < -0.3 is 14.4 Å². The van der Waals surface area contributed by atoms with E-state index >= 15 is 0 Å². The van der Waals surface area contributed by atoms with E-state index in [1.807, 2.05) is 24.3 Å². The topological polar surface area (TPSA) is 70.5 Å². The molecule has 0 N–H and O–H groups in total. The number of halogens is 1. The molecule has 124 valence electrons. The van der Waals surface area contributed by atoms with Gasteiger partial charge in [0.05, 0.1) is 25.4 Å². The molecule has 3 rings (SSSR count). The number of fused-ring (bicyclic) bond motifs is 1. The summed E-state index contributed by atoms with van der Waals surface area (Å²) in [6.45, 7) is 3.00. The first-order chi connectivity index (χ1) is 11.3. The standard InChI is InChI=1S/C16H21FN4O2/c1-22-16(15(6-17)19-20-18)11-2-4-14(5-3-11)21-7-12-9-23-10-13(12)8-21/h2-5,12-13,15-16H,6-10H2,1H3/t12-,13+,15-,16-/m1/s1. The highest BCUT2D eigenvalue weighted by molar-refractivity contribution is 5.49. The van der Waals surface area contributed by atoms with Crippen LogP contribution >= 0.6 is 0 Å². The van der Waals surface area contributed by atoms with Crippen LogP contribution in [0.4, 0.5) is 10.1 Å². The van der Waals surface area contributed by atoms with Crippen LogP contribution in [-0.2, 0) is 9.47 Å². The zero-order valence-corrected chi connectivity index (χ0v) is 13.1. The maximum atomic E-state index is 13.1. The summed E-state index contributed by atoms with van der Waals surface area (Å²) in [5.41, 5.74) is 10.5. The molecule has 2 aliphatic heterocycles. The minimum atomic E-state index is -0.848. The van der Waals surface area contributed by atoms with E-state index in [0.717, 1.165) is 37.6 Å². The van der Waals surface area contributed by atoms with Gasteiger partial charge in [0.15, 0.2) is 0 Å². The largest absolute Gasteiger partial charge is 0.381 e. The lowest BCUT2D eigenvalue weighted by Crippen LogP contribution is -2.23. The van der Waals surface area contributed by atoms with E-state index in [4.69, 9.17) is 15.0 Å². The van der Waals surface area contributed by atoms with Crippen molar-refractivity contribution in [2.75, 3.05) is 45.0 Å². The van der Waals surface area contributed by atoms with Crippen molar-refractivity contribution in [3.63, 3.8) is 0 Å². The highest BCUT2D eigenvalue weighted by atomic mass is 19.1. The fourth-order valence-electron chi connectivity index (χ4n) is 3.53. The molecule has 2 heterocycles. The summed E-state index contributed by atoms with van der Waals surface area (Å²) in [6.07, 6.45) is -0.573. The fraction of sp³-hybridized carbons (Fsp3) is 0.625. The van der Waals surface area contributed by atoms with Crippen molar-refractivity contribution >= 4 is 5.69 Å². The molecule has 2 fully saturated rings. The Balaban J connectivity index is 1.72. The predicted octanol–water partition coefficient (Wildman–Crippen LogP) is 3.11. The zero-order valence-electron chi connectivity index (χ0n) is 13.1. The Hall–Kier alpha value is -1.82. The average molecular weight is 320 g/mol. The van der Waals surface area contributed by atoms with E-state index in [2.05, 4.69) is 14.9 Å². The molecule has 2 aliphatic rings. The van der Waals surface area contributed by atoms with Crippen LogP contribution < -0.4 is 4.90 Å². The fourth-order valence-corrected chi connectivity index (χ4v) is 3.53. The van der Waals surface area contributed by atoms with E-state index in [9.17, 15) is 4.39 Å². The second-order valence-electron chi connectivity index (χ2n) is 6.14. The summed E-state index contributed by atoms with van der Waals surface area (Å²) < 4.78 is 23.9. The lowest BCUT2D eigenvalue weighted by molar-refractivity contribution is 0.0722. The minimum absolute atomic E-state index is 0.573. The molecule has 0 aliphatic carbocycles. The van der Waals surface area contributed by atoms with Crippen molar-refractivity contribution in [1.82, 2.24) is 0 Å². The first-order valence-electron chi connectivity index (χ1n) is 7.82. The summed E-state index contributed by atoms with van der Waals surface area (Å²) in [5, 5.41) is 3.48. The van der Waals surface area contributed by atoms with Gasteiger partial charge >= 0.3 is 0 Å². The number of ether oxygens (including phenoxy) is 2. The van der Waals surface area contributed by atoms with Crippen molar-refractivity contribution in [2.45, 2.75) is 12.1 Å². The first kappa shape index (κ1) is 16.1. The van der Waals surface area contributed by atoms with Gasteiger partial charge in [-0.2, -0.15) is 0 Å². The minimum Gasteiger partial charge on any atom is -0.381 e. The number of methoxy groups -OCH3 is 1. The van der Waals surface area contributed by atoms with Gasteiger partial charge in [-0.15, -0.1) is 0 Å². The Morgan fingerprint density at radius 2 is 2.00 bits per heavy atom. The van der Waals surface area contributed by atoms with Crippen LogP contribution in [0.1, 0.15) is 11.7 Å². The number of hydrogen-bond acceptors (Lipinski definition) is 4. The van der Waals surface area contributed by atoms with Crippen LogP contribution in [0, 0.1) is 11.8 Å². The van der Waals surface area contributed by atoms with Crippen molar-refractivity contribution in [2.24, 2.45) is 17.0 Å². The Kier molecular flexibility index (Phi) is 5.00. The van der Waals surface area contributed by atoms with E-state index in [1.54, 1.807) is 0 Å². The molecule has 0 amide bonds. The van der Waals surface area contributed by atoms with E-state index in [0.29, 0.717) is 11.8 Å². The Morgan fingerprint density at radius 1 is 1.35 bits per heavy atom. The lowest BCUT2D eigenvalue weighted by Gasteiger charge is -2.23. The lowest BCUT2D eigenvalue weighted by atomic mass is 10.0. The summed E-state index contributed by atoms with van der Waals surface area (Å²) in [6, 6.07) is 7.04. The Labute approximate surface area is 134 Å². The number of nitrogens with zero attached hydrogens (tertiary/aromatic N) is 4. The summed E-state index contributed by atoms with van der Waals surface area (Å²) in [4.78, 5) is 5.06. The van der Waals surface area contributed by atoms with Crippen LogP contribution in [0.15, 0.2) is 29.4 Å². The van der Waals surface area contributed by atoms with Gasteiger partial charge in [0.2, 0.25) is 0 Å². The molecule has 0 spiro atoms. The van der Waals surface area contributed by atoms with Crippen LogP contribution in [0.2, 0.25) is 0 Å². The molecule has 6 nitrogen and oxygen atoms in total. The first-order valence-corrected chi connectivity index (χ1v) is 7.82. The molecule has 1 aromatic rings. The molecule has 0 aromatic heterocycles. The average Bonchev–Trinajstić information content (AvgIpc) is 3.17. The second-order valence-corrected chi connectivity index (χ2v) is 6.14. The van der Waals surface area contributed by atoms with Gasteiger partial charge in [-0.05, 0) is 23.2 Å². The smallest absolute Gasteiger partial charge is 0.101 e. The number of alkyl halides is 1. The van der Waals surface area contributed by atoms with Gasteiger partial charge in [-0.1, -0.05) is 17.2 Å². The van der Waals surface area contributed by atoms with Gasteiger partial charge in [0, 0.05) is 42.6 Å². The van der Waals surface area contributed by atoms with Crippen molar-refractivity contribution in [3.8, 4) is 0 Å². The number of hydrogen-bond donors (Lipinski definition) is 0. The number of rotatable bonds is 6. The predicted molar refractivity (Wildman–Crippen MR) is 85.1 cm³/mol. The van der Waals surface area contributed by atoms with Gasteiger partial charge in [-0.3, -0.25) is 4.39 Å². The van der Waals surface area contributed by atoms with E-state index < -0.39 is 18.8 Å². The molecular weight excluding hydrogens is 299 g/mol. The van der Waals surface area contributed by atoms with Gasteiger partial charge in [0.1, 0.15) is 6.67 Å². The molecule has 23 heavy (non-hydrogen) atoms. The third-order valence-electron chi connectivity index (χ3n) is 4.79. The normalized spacial score (nSPS) is 25.7. The third kappa shape index (κ3) is 3.27. The van der Waals surface area contributed by atoms with Crippen molar-refractivity contribution in [1.29, 1.82) is 0 Å². The maximum absolute atomic E-state index is 13.1. The van der Waals surface area contributed by atoms with Crippen molar-refractivity contribution in [3.05, 3.63) is 40.3 Å². The number of anilines is 1. The molecule has 0 radical (unpaired) electrons. The van der Waals surface area contributed by atoms with Gasteiger partial charge in [0.25, 0.3) is 0 Å². The van der Waals surface area contributed by atoms with Crippen LogP contribution in [0.3, 0.4) is 0 Å².